The Hall–Kier alpha value is -1.96. The third-order valence-corrected chi connectivity index (χ3v) is 4.31. The zero-order valence-electron chi connectivity index (χ0n) is 13.0. The van der Waals surface area contributed by atoms with Crippen molar-refractivity contribution in [3.63, 3.8) is 0 Å². The molecular formula is C20H20F2. The fourth-order valence-electron chi connectivity index (χ4n) is 2.98. The molecule has 0 aliphatic heterocycles. The maximum atomic E-state index is 14.3. The van der Waals surface area contributed by atoms with Crippen LogP contribution in [0.5, 0.6) is 0 Å². The molecule has 0 fully saturated rings. The second kappa shape index (κ2) is 6.04. The summed E-state index contributed by atoms with van der Waals surface area (Å²) in [5.41, 5.74) is 1.68. The van der Waals surface area contributed by atoms with Crippen molar-refractivity contribution >= 4 is 21.5 Å². The molecule has 0 nitrogen and oxygen atoms in total. The topological polar surface area (TPSA) is 0 Å². The molecule has 0 spiro atoms. The van der Waals surface area contributed by atoms with Gasteiger partial charge < -0.3 is 0 Å². The third kappa shape index (κ3) is 2.58. The summed E-state index contributed by atoms with van der Waals surface area (Å²) >= 11 is 0. The Labute approximate surface area is 129 Å². The molecule has 3 aromatic rings. The number of halogens is 2. The lowest BCUT2D eigenvalue weighted by Crippen LogP contribution is -1.95. The van der Waals surface area contributed by atoms with E-state index in [2.05, 4.69) is 25.1 Å². The number of unbranched alkanes of at least 4 members (excludes halogenated alkanes) is 1. The van der Waals surface area contributed by atoms with Crippen LogP contribution in [0.15, 0.2) is 36.4 Å². The molecule has 0 saturated heterocycles. The largest absolute Gasteiger partial charge is 0.203 e. The molecular weight excluding hydrogens is 278 g/mol. The van der Waals surface area contributed by atoms with Gasteiger partial charge >= 0.3 is 0 Å². The van der Waals surface area contributed by atoms with Crippen molar-refractivity contribution in [1.29, 1.82) is 0 Å². The van der Waals surface area contributed by atoms with E-state index in [-0.39, 0.29) is 0 Å². The molecule has 0 radical (unpaired) electrons. The molecule has 22 heavy (non-hydrogen) atoms. The molecule has 0 amide bonds. The summed E-state index contributed by atoms with van der Waals surface area (Å²) < 4.78 is 28.3. The van der Waals surface area contributed by atoms with Crippen LogP contribution in [0.25, 0.3) is 21.5 Å². The van der Waals surface area contributed by atoms with Gasteiger partial charge in [-0.15, -0.1) is 0 Å². The molecule has 2 heteroatoms. The molecule has 0 unspecified atom stereocenters. The number of aryl methyl sites for hydroxylation is 2. The molecule has 0 saturated carbocycles. The van der Waals surface area contributed by atoms with Crippen LogP contribution in [-0.2, 0) is 12.8 Å². The van der Waals surface area contributed by atoms with Crippen LogP contribution in [0.1, 0.15) is 37.8 Å². The van der Waals surface area contributed by atoms with Gasteiger partial charge in [0.2, 0.25) is 0 Å². The van der Waals surface area contributed by atoms with E-state index in [9.17, 15) is 8.78 Å². The molecule has 0 N–H and O–H groups in total. The van der Waals surface area contributed by atoms with E-state index in [1.54, 1.807) is 12.1 Å². The number of benzene rings is 3. The fourth-order valence-corrected chi connectivity index (χ4v) is 2.98. The summed E-state index contributed by atoms with van der Waals surface area (Å²) in [5.74, 6) is -1.44. The van der Waals surface area contributed by atoms with Gasteiger partial charge in [0.15, 0.2) is 11.6 Å². The maximum Gasteiger partial charge on any atom is 0.166 e. The Morgan fingerprint density at radius 3 is 2.36 bits per heavy atom. The summed E-state index contributed by atoms with van der Waals surface area (Å²) in [6.45, 7) is 4.00. The van der Waals surface area contributed by atoms with Crippen LogP contribution in [0, 0.1) is 11.6 Å². The van der Waals surface area contributed by atoms with Gasteiger partial charge in [-0.25, -0.2) is 8.78 Å². The summed E-state index contributed by atoms with van der Waals surface area (Å²) in [5, 5.41) is 3.18. The van der Waals surface area contributed by atoms with Crippen molar-refractivity contribution in [3.8, 4) is 0 Å². The van der Waals surface area contributed by atoms with Crippen molar-refractivity contribution in [1.82, 2.24) is 0 Å². The second-order valence-electron chi connectivity index (χ2n) is 5.88. The Morgan fingerprint density at radius 1 is 0.818 bits per heavy atom. The fraction of sp³-hybridized carbons (Fsp3) is 0.300. The van der Waals surface area contributed by atoms with E-state index in [0.29, 0.717) is 17.4 Å². The molecule has 0 aliphatic carbocycles. The lowest BCUT2D eigenvalue weighted by molar-refractivity contribution is 0.508. The Morgan fingerprint density at radius 2 is 1.64 bits per heavy atom. The Balaban J connectivity index is 2.20. The Bertz CT molecular complexity index is 834. The average molecular weight is 298 g/mol. The zero-order valence-corrected chi connectivity index (χ0v) is 13.0. The van der Waals surface area contributed by atoms with Crippen molar-refractivity contribution in [2.45, 2.75) is 39.5 Å². The molecule has 3 aromatic carbocycles. The summed E-state index contributed by atoms with van der Waals surface area (Å²) in [6, 6.07) is 11.8. The molecule has 114 valence electrons. The lowest BCUT2D eigenvalue weighted by Gasteiger charge is -2.09. The first kappa shape index (κ1) is 15.0. The van der Waals surface area contributed by atoms with E-state index >= 15 is 0 Å². The van der Waals surface area contributed by atoms with Crippen molar-refractivity contribution in [3.05, 3.63) is 59.2 Å². The van der Waals surface area contributed by atoms with E-state index < -0.39 is 11.6 Å². The first-order chi connectivity index (χ1) is 10.6. The lowest BCUT2D eigenvalue weighted by atomic mass is 9.97. The highest BCUT2D eigenvalue weighted by molar-refractivity contribution is 5.99. The first-order valence-electron chi connectivity index (χ1n) is 7.97. The quantitative estimate of drug-likeness (QED) is 0.505. The van der Waals surface area contributed by atoms with E-state index in [1.807, 2.05) is 13.0 Å². The highest BCUT2D eigenvalue weighted by Gasteiger charge is 2.13. The minimum Gasteiger partial charge on any atom is -0.203 e. The standard InChI is InChI=1S/C20H20F2/c1-3-5-6-13-7-8-15-11-17-10-14(4-2)19(21)20(22)18(17)12-16(15)9-13/h7-12H,3-6H2,1-2H3. The van der Waals surface area contributed by atoms with Gasteiger partial charge in [0.1, 0.15) is 0 Å². The predicted molar refractivity (Wildman–Crippen MR) is 89.4 cm³/mol. The molecule has 0 atom stereocenters. The van der Waals surface area contributed by atoms with Gasteiger partial charge in [-0.1, -0.05) is 38.5 Å². The van der Waals surface area contributed by atoms with Crippen LogP contribution in [0.3, 0.4) is 0 Å². The number of hydrogen-bond donors (Lipinski definition) is 0. The first-order valence-corrected chi connectivity index (χ1v) is 7.97. The normalized spacial score (nSPS) is 11.5. The van der Waals surface area contributed by atoms with Gasteiger partial charge in [0.05, 0.1) is 0 Å². The summed E-state index contributed by atoms with van der Waals surface area (Å²) in [7, 11) is 0. The average Bonchev–Trinajstić information content (AvgIpc) is 2.54. The van der Waals surface area contributed by atoms with Crippen molar-refractivity contribution < 1.29 is 8.78 Å². The highest BCUT2D eigenvalue weighted by Crippen LogP contribution is 2.29. The predicted octanol–water partition coefficient (Wildman–Crippen LogP) is 6.18. The van der Waals surface area contributed by atoms with E-state index in [0.717, 1.165) is 35.4 Å². The van der Waals surface area contributed by atoms with Crippen LogP contribution >= 0.6 is 0 Å². The van der Waals surface area contributed by atoms with Gasteiger partial charge in [0, 0.05) is 5.39 Å². The highest BCUT2D eigenvalue weighted by atomic mass is 19.2. The van der Waals surface area contributed by atoms with Gasteiger partial charge in [-0.3, -0.25) is 0 Å². The molecule has 0 bridgehead atoms. The molecule has 0 heterocycles. The number of fused-ring (bicyclic) bond motifs is 2. The summed E-state index contributed by atoms with van der Waals surface area (Å²) in [4.78, 5) is 0. The van der Waals surface area contributed by atoms with Crippen LogP contribution in [0.2, 0.25) is 0 Å². The van der Waals surface area contributed by atoms with Crippen LogP contribution in [0.4, 0.5) is 8.78 Å². The van der Waals surface area contributed by atoms with Crippen molar-refractivity contribution in [2.24, 2.45) is 0 Å². The second-order valence-corrected chi connectivity index (χ2v) is 5.88. The van der Waals surface area contributed by atoms with Crippen LogP contribution in [-0.4, -0.2) is 0 Å². The third-order valence-electron chi connectivity index (χ3n) is 4.31. The number of hydrogen-bond acceptors (Lipinski definition) is 0. The molecule has 0 aliphatic rings. The van der Waals surface area contributed by atoms with E-state index in [4.69, 9.17) is 0 Å². The molecule has 0 aromatic heterocycles. The SMILES string of the molecule is CCCCc1ccc2cc3cc(CC)c(F)c(F)c3cc2c1. The molecule has 3 rings (SSSR count). The zero-order chi connectivity index (χ0) is 15.7. The monoisotopic (exact) mass is 298 g/mol. The van der Waals surface area contributed by atoms with Gasteiger partial charge in [0.25, 0.3) is 0 Å². The summed E-state index contributed by atoms with van der Waals surface area (Å²) in [6.07, 6.45) is 3.81. The minimum absolute atomic E-state index is 0.370. The Kier molecular flexibility index (Phi) is 4.10. The van der Waals surface area contributed by atoms with E-state index in [1.165, 1.54) is 5.56 Å². The minimum atomic E-state index is -0.727. The van der Waals surface area contributed by atoms with Crippen molar-refractivity contribution in [2.75, 3.05) is 0 Å². The van der Waals surface area contributed by atoms with Gasteiger partial charge in [-0.05, 0) is 64.7 Å². The van der Waals surface area contributed by atoms with Crippen LogP contribution < -0.4 is 0 Å². The van der Waals surface area contributed by atoms with Gasteiger partial charge in [-0.2, -0.15) is 0 Å². The maximum absolute atomic E-state index is 14.3. The smallest absolute Gasteiger partial charge is 0.166 e. The number of rotatable bonds is 4.